The molecule has 0 spiro atoms. The quantitative estimate of drug-likeness (QED) is 0.152. The first-order chi connectivity index (χ1) is 25.8. The molecule has 0 unspecified atom stereocenters. The first kappa shape index (κ1) is 39.6. The van der Waals surface area contributed by atoms with E-state index in [4.69, 9.17) is 26.1 Å². The van der Waals surface area contributed by atoms with Gasteiger partial charge in [-0.1, -0.05) is 23.7 Å². The summed E-state index contributed by atoms with van der Waals surface area (Å²) in [5, 5.41) is 7.66. The second-order valence-corrected chi connectivity index (χ2v) is 16.9. The van der Waals surface area contributed by atoms with E-state index in [1.807, 2.05) is 0 Å². The van der Waals surface area contributed by atoms with Gasteiger partial charge in [-0.3, -0.25) is 14.0 Å². The van der Waals surface area contributed by atoms with E-state index in [1.54, 1.807) is 58.2 Å². The number of carbonyl (C=O) groups excluding carboxylic acids is 1. The highest BCUT2D eigenvalue weighted by Crippen LogP contribution is 2.38. The lowest BCUT2D eigenvalue weighted by Gasteiger charge is -2.26. The minimum atomic E-state index is -3.99. The Morgan fingerprint density at radius 1 is 1.05 bits per heavy atom. The first-order valence-corrected chi connectivity index (χ1v) is 19.6. The third-order valence-corrected chi connectivity index (χ3v) is 10.2. The number of rotatable bonds is 10. The van der Waals surface area contributed by atoms with Crippen LogP contribution in [0.15, 0.2) is 76.1 Å². The highest BCUT2D eigenvalue weighted by atomic mass is 79.9. The van der Waals surface area contributed by atoms with Crippen LogP contribution in [0.5, 0.6) is 5.75 Å². The molecule has 1 amide bonds. The van der Waals surface area contributed by atoms with Crippen LogP contribution in [0.3, 0.4) is 0 Å². The summed E-state index contributed by atoms with van der Waals surface area (Å²) in [6.07, 6.45) is 1.32. The molecule has 0 radical (unpaired) electrons. The Labute approximate surface area is 328 Å². The molecule has 288 valence electrons. The molecule has 13 nitrogen and oxygen atoms in total. The van der Waals surface area contributed by atoms with Crippen LogP contribution in [0.25, 0.3) is 27.6 Å². The van der Waals surface area contributed by atoms with Gasteiger partial charge in [-0.25, -0.2) is 36.3 Å². The highest BCUT2D eigenvalue weighted by Gasteiger charge is 2.31. The summed E-state index contributed by atoms with van der Waals surface area (Å²) in [5.41, 5.74) is -0.406. The van der Waals surface area contributed by atoms with Crippen LogP contribution in [0.2, 0.25) is 5.02 Å². The van der Waals surface area contributed by atoms with Crippen LogP contribution in [-0.2, 0) is 34.8 Å². The van der Waals surface area contributed by atoms with Crippen LogP contribution in [0, 0.1) is 11.6 Å². The molecule has 3 aromatic carbocycles. The smallest absolute Gasteiger partial charge is 0.408 e. The number of methoxy groups -OCH3 is 1. The standard InChI is InChI=1S/C37H35BrClF2N7O6S/c1-37(2,3)54-36(50)44-28(15-21-13-23(40)17-24(41)14-21)33-43-27-16-22(38)18-42-31(27)35(49)48(33)29-12-11-26(39)30-32(29)46(4)45-34(30)47(55(6,51)52)19-20-7-9-25(53-5)10-8-20/h7-14,16-18,28H,15,19H2,1-6H3,(H,44,50)/t28-/m0/s1. The van der Waals surface area contributed by atoms with Gasteiger partial charge in [0.05, 0.1) is 53.1 Å². The predicted octanol–water partition coefficient (Wildman–Crippen LogP) is 7.14. The molecule has 55 heavy (non-hydrogen) atoms. The second kappa shape index (κ2) is 15.2. The lowest BCUT2D eigenvalue weighted by atomic mass is 10.0. The topological polar surface area (TPSA) is 151 Å². The molecular weight excluding hydrogens is 824 g/mol. The fraction of sp³-hybridized carbons (Fsp3) is 0.270. The highest BCUT2D eigenvalue weighted by molar-refractivity contribution is 9.10. The average Bonchev–Trinajstić information content (AvgIpc) is 3.43. The molecule has 0 bridgehead atoms. The molecule has 0 aliphatic heterocycles. The Hall–Kier alpha value is -5.13. The van der Waals surface area contributed by atoms with Crippen molar-refractivity contribution in [3.05, 3.63) is 115 Å². The van der Waals surface area contributed by atoms with Crippen LogP contribution >= 0.6 is 27.5 Å². The summed E-state index contributed by atoms with van der Waals surface area (Å²) < 4.78 is 70.8. The summed E-state index contributed by atoms with van der Waals surface area (Å²) in [5.74, 6) is -1.21. The summed E-state index contributed by atoms with van der Waals surface area (Å²) in [6, 6.07) is 13.1. The maximum Gasteiger partial charge on any atom is 0.408 e. The molecule has 0 saturated heterocycles. The van der Waals surface area contributed by atoms with Crippen LogP contribution < -0.4 is 19.9 Å². The minimum Gasteiger partial charge on any atom is -0.497 e. The Balaban J connectivity index is 1.63. The third kappa shape index (κ3) is 8.58. The van der Waals surface area contributed by atoms with Crippen molar-refractivity contribution in [2.75, 3.05) is 17.7 Å². The van der Waals surface area contributed by atoms with Gasteiger partial charge in [-0.05, 0) is 90.3 Å². The molecular formula is C37H35BrClF2N7O6S. The Kier molecular flexibility index (Phi) is 10.9. The number of aromatic nitrogens is 5. The molecule has 0 fully saturated rings. The van der Waals surface area contributed by atoms with Crippen molar-refractivity contribution in [2.24, 2.45) is 7.05 Å². The van der Waals surface area contributed by atoms with Crippen LogP contribution in [0.4, 0.5) is 19.4 Å². The third-order valence-electron chi connectivity index (χ3n) is 8.33. The Morgan fingerprint density at radius 2 is 1.73 bits per heavy atom. The van der Waals surface area contributed by atoms with Gasteiger partial charge in [-0.15, -0.1) is 0 Å². The number of amides is 1. The van der Waals surface area contributed by atoms with Gasteiger partial charge in [0.15, 0.2) is 11.3 Å². The number of hydrogen-bond donors (Lipinski definition) is 1. The minimum absolute atomic E-state index is 0.0215. The van der Waals surface area contributed by atoms with Gasteiger partial charge < -0.3 is 14.8 Å². The van der Waals surface area contributed by atoms with Crippen molar-refractivity contribution >= 4 is 71.4 Å². The number of nitrogens with zero attached hydrogens (tertiary/aromatic N) is 6. The Morgan fingerprint density at radius 3 is 2.35 bits per heavy atom. The van der Waals surface area contributed by atoms with Crippen molar-refractivity contribution in [1.29, 1.82) is 0 Å². The van der Waals surface area contributed by atoms with Gasteiger partial charge in [0, 0.05) is 30.2 Å². The number of pyridine rings is 1. The number of benzene rings is 3. The molecule has 1 atom stereocenters. The molecule has 18 heteroatoms. The van der Waals surface area contributed by atoms with Crippen molar-refractivity contribution in [3.8, 4) is 11.4 Å². The van der Waals surface area contributed by atoms with Crippen LogP contribution in [-0.4, -0.2) is 57.8 Å². The molecule has 1 N–H and O–H groups in total. The monoisotopic (exact) mass is 857 g/mol. The number of carbonyl (C=O) groups is 1. The number of ether oxygens (including phenoxy) is 2. The van der Waals surface area contributed by atoms with Gasteiger partial charge in [0.25, 0.3) is 5.56 Å². The fourth-order valence-corrected chi connectivity index (χ4v) is 7.47. The number of fused-ring (bicyclic) bond motifs is 2. The largest absolute Gasteiger partial charge is 0.497 e. The lowest BCUT2D eigenvalue weighted by Crippen LogP contribution is -2.39. The SMILES string of the molecule is COc1ccc(CN(c2nn(C)c3c(-n4c([C@H](Cc5cc(F)cc(F)c5)NC(=O)OC(C)(C)C)nc5cc(Br)cnc5c4=O)ccc(Cl)c23)S(C)(=O)=O)cc1. The molecule has 3 aromatic heterocycles. The normalized spacial score (nSPS) is 12.5. The zero-order chi connectivity index (χ0) is 40.0. The van der Waals surface area contributed by atoms with E-state index in [0.717, 1.165) is 22.7 Å². The maximum absolute atomic E-state index is 14.7. The number of nitrogens with one attached hydrogen (secondary N) is 1. The van der Waals surface area contributed by atoms with E-state index in [2.05, 4.69) is 31.3 Å². The van der Waals surface area contributed by atoms with E-state index in [9.17, 15) is 26.8 Å². The number of sulfonamides is 1. The van der Waals surface area contributed by atoms with E-state index in [1.165, 1.54) is 34.7 Å². The van der Waals surface area contributed by atoms with E-state index < -0.39 is 45.0 Å². The van der Waals surface area contributed by atoms with E-state index >= 15 is 0 Å². The first-order valence-electron chi connectivity index (χ1n) is 16.6. The van der Waals surface area contributed by atoms with Gasteiger partial charge >= 0.3 is 6.09 Å². The Bertz CT molecular complexity index is 2610. The van der Waals surface area contributed by atoms with E-state index in [-0.39, 0.29) is 62.8 Å². The maximum atomic E-state index is 14.7. The summed E-state index contributed by atoms with van der Waals surface area (Å²) in [4.78, 5) is 37.2. The number of halogens is 4. The van der Waals surface area contributed by atoms with E-state index in [0.29, 0.717) is 21.9 Å². The average molecular weight is 859 g/mol. The van der Waals surface area contributed by atoms with Crippen molar-refractivity contribution < 1.29 is 31.5 Å². The summed E-state index contributed by atoms with van der Waals surface area (Å²) in [6.45, 7) is 4.87. The van der Waals surface area contributed by atoms with Crippen molar-refractivity contribution in [1.82, 2.24) is 29.6 Å². The second-order valence-electron chi connectivity index (χ2n) is 13.7. The molecule has 3 heterocycles. The number of hydrogen-bond acceptors (Lipinski definition) is 9. The number of aryl methyl sites for hydroxylation is 1. The van der Waals surface area contributed by atoms with Crippen LogP contribution in [0.1, 0.15) is 43.8 Å². The fourth-order valence-electron chi connectivity index (χ4n) is 6.09. The lowest BCUT2D eigenvalue weighted by molar-refractivity contribution is 0.0500. The van der Waals surface area contributed by atoms with Gasteiger partial charge in [-0.2, -0.15) is 5.10 Å². The van der Waals surface area contributed by atoms with Gasteiger partial charge in [0.2, 0.25) is 10.0 Å². The molecule has 6 rings (SSSR count). The van der Waals surface area contributed by atoms with Crippen molar-refractivity contribution in [2.45, 2.75) is 45.4 Å². The molecule has 0 aliphatic rings. The molecule has 0 aliphatic carbocycles. The zero-order valence-electron chi connectivity index (χ0n) is 30.4. The summed E-state index contributed by atoms with van der Waals surface area (Å²) in [7, 11) is -0.913. The molecule has 6 aromatic rings. The number of alkyl carbamates (subject to hydrolysis) is 1. The predicted molar refractivity (Wildman–Crippen MR) is 208 cm³/mol. The molecule has 0 saturated carbocycles. The van der Waals surface area contributed by atoms with Crippen molar-refractivity contribution in [3.63, 3.8) is 0 Å². The van der Waals surface area contributed by atoms with Gasteiger partial charge in [0.1, 0.15) is 28.8 Å². The summed E-state index contributed by atoms with van der Waals surface area (Å²) >= 11 is 10.2. The zero-order valence-corrected chi connectivity index (χ0v) is 33.6. The number of anilines is 1.